The molecule has 0 saturated heterocycles. The van der Waals surface area contributed by atoms with E-state index in [0.29, 0.717) is 16.8 Å². The summed E-state index contributed by atoms with van der Waals surface area (Å²) in [5.74, 6) is -0.234. The number of nitrogens with one attached hydrogen (secondary N) is 2. The number of aromatic amines is 1. The Morgan fingerprint density at radius 3 is 2.55 bits per heavy atom. The summed E-state index contributed by atoms with van der Waals surface area (Å²) < 4.78 is 0. The first kappa shape index (κ1) is 13.7. The van der Waals surface area contributed by atoms with Crippen LogP contribution in [0.1, 0.15) is 24.2 Å². The molecule has 0 fully saturated rings. The number of hydrogen-bond donors (Lipinski definition) is 2. The van der Waals surface area contributed by atoms with Gasteiger partial charge in [-0.25, -0.2) is 0 Å². The second kappa shape index (κ2) is 5.52. The van der Waals surface area contributed by atoms with Crippen LogP contribution in [0.4, 0.5) is 5.69 Å². The fourth-order valence-electron chi connectivity index (χ4n) is 1.77. The van der Waals surface area contributed by atoms with Crippen molar-refractivity contribution in [3.63, 3.8) is 0 Å². The average molecular weight is 274 g/mol. The molecular formula is C13H14N4O3. The molecule has 2 N–H and O–H groups in total. The molecule has 0 bridgehead atoms. The first-order valence-electron chi connectivity index (χ1n) is 6.08. The van der Waals surface area contributed by atoms with Gasteiger partial charge >= 0.3 is 0 Å². The van der Waals surface area contributed by atoms with Gasteiger partial charge in [-0.05, 0) is 26.0 Å². The van der Waals surface area contributed by atoms with Crippen molar-refractivity contribution in [2.75, 3.05) is 0 Å². The van der Waals surface area contributed by atoms with Crippen molar-refractivity contribution in [3.8, 4) is 11.3 Å². The van der Waals surface area contributed by atoms with E-state index in [-0.39, 0.29) is 17.6 Å². The second-order valence-corrected chi connectivity index (χ2v) is 4.59. The Morgan fingerprint density at radius 1 is 1.35 bits per heavy atom. The summed E-state index contributed by atoms with van der Waals surface area (Å²) in [6, 6.07) is 5.96. The number of non-ortho nitro benzene ring substituents is 1. The fraction of sp³-hybridized carbons (Fsp3) is 0.231. The molecule has 1 aromatic heterocycles. The molecule has 0 aliphatic rings. The molecule has 1 aromatic carbocycles. The Balaban J connectivity index is 2.32. The topological polar surface area (TPSA) is 101 Å². The molecule has 0 aliphatic carbocycles. The smallest absolute Gasteiger partial charge is 0.269 e. The Hall–Kier alpha value is -2.70. The molecule has 1 heterocycles. The molecule has 0 spiro atoms. The highest BCUT2D eigenvalue weighted by Gasteiger charge is 2.16. The lowest BCUT2D eigenvalue weighted by Crippen LogP contribution is -2.30. The van der Waals surface area contributed by atoms with E-state index in [1.165, 1.54) is 18.3 Å². The molecule has 0 radical (unpaired) electrons. The van der Waals surface area contributed by atoms with Crippen LogP contribution in [0.3, 0.4) is 0 Å². The van der Waals surface area contributed by atoms with Gasteiger partial charge in [-0.2, -0.15) is 5.10 Å². The van der Waals surface area contributed by atoms with Crippen molar-refractivity contribution >= 4 is 11.6 Å². The first-order chi connectivity index (χ1) is 9.49. The van der Waals surface area contributed by atoms with Crippen LogP contribution < -0.4 is 5.32 Å². The highest BCUT2D eigenvalue weighted by molar-refractivity contribution is 5.99. The molecule has 0 unspecified atom stereocenters. The van der Waals surface area contributed by atoms with Crippen LogP contribution in [0.25, 0.3) is 11.3 Å². The molecule has 2 aromatic rings. The van der Waals surface area contributed by atoms with Gasteiger partial charge in [-0.1, -0.05) is 0 Å². The van der Waals surface area contributed by atoms with Gasteiger partial charge in [0.2, 0.25) is 0 Å². The fourth-order valence-corrected chi connectivity index (χ4v) is 1.77. The molecule has 104 valence electrons. The molecule has 20 heavy (non-hydrogen) atoms. The van der Waals surface area contributed by atoms with Crippen LogP contribution >= 0.6 is 0 Å². The summed E-state index contributed by atoms with van der Waals surface area (Å²) in [6.45, 7) is 3.73. The van der Waals surface area contributed by atoms with Crippen LogP contribution in [0.5, 0.6) is 0 Å². The molecule has 0 saturated carbocycles. The third-order valence-electron chi connectivity index (χ3n) is 2.67. The van der Waals surface area contributed by atoms with Crippen molar-refractivity contribution in [3.05, 3.63) is 46.1 Å². The van der Waals surface area contributed by atoms with Crippen LogP contribution in [0, 0.1) is 10.1 Å². The predicted molar refractivity (Wildman–Crippen MR) is 73.3 cm³/mol. The summed E-state index contributed by atoms with van der Waals surface area (Å²) in [5, 5.41) is 20.0. The SMILES string of the molecule is CC(C)NC(=O)c1cn[nH]c1-c1ccc([N+](=O)[O-])cc1. The van der Waals surface area contributed by atoms with Crippen molar-refractivity contribution in [1.82, 2.24) is 15.5 Å². The van der Waals surface area contributed by atoms with E-state index in [2.05, 4.69) is 15.5 Å². The lowest BCUT2D eigenvalue weighted by Gasteiger charge is -2.08. The summed E-state index contributed by atoms with van der Waals surface area (Å²) in [7, 11) is 0. The van der Waals surface area contributed by atoms with Gasteiger partial charge in [-0.3, -0.25) is 20.0 Å². The minimum atomic E-state index is -0.469. The largest absolute Gasteiger partial charge is 0.350 e. The number of nitro groups is 1. The molecule has 0 aliphatic heterocycles. The van der Waals surface area contributed by atoms with Gasteiger partial charge in [0.15, 0.2) is 0 Å². The van der Waals surface area contributed by atoms with Crippen molar-refractivity contribution in [2.45, 2.75) is 19.9 Å². The van der Waals surface area contributed by atoms with Gasteiger partial charge in [0, 0.05) is 23.7 Å². The maximum atomic E-state index is 12.0. The number of carbonyl (C=O) groups excluding carboxylic acids is 1. The van der Waals surface area contributed by atoms with E-state index < -0.39 is 4.92 Å². The van der Waals surface area contributed by atoms with Crippen molar-refractivity contribution in [1.29, 1.82) is 0 Å². The zero-order valence-electron chi connectivity index (χ0n) is 11.1. The molecule has 0 atom stereocenters. The zero-order chi connectivity index (χ0) is 14.7. The van der Waals surface area contributed by atoms with E-state index in [1.807, 2.05) is 13.8 Å². The molecule has 2 rings (SSSR count). The minimum Gasteiger partial charge on any atom is -0.350 e. The van der Waals surface area contributed by atoms with Crippen molar-refractivity contribution in [2.24, 2.45) is 0 Å². The number of nitro benzene ring substituents is 1. The van der Waals surface area contributed by atoms with E-state index in [1.54, 1.807) is 12.1 Å². The summed E-state index contributed by atoms with van der Waals surface area (Å²) in [5.41, 5.74) is 1.62. The maximum Gasteiger partial charge on any atom is 0.269 e. The Bertz CT molecular complexity index is 631. The maximum absolute atomic E-state index is 12.0. The lowest BCUT2D eigenvalue weighted by molar-refractivity contribution is -0.384. The second-order valence-electron chi connectivity index (χ2n) is 4.59. The van der Waals surface area contributed by atoms with Crippen molar-refractivity contribution < 1.29 is 9.72 Å². The third kappa shape index (κ3) is 2.82. The van der Waals surface area contributed by atoms with Crippen LogP contribution in [-0.2, 0) is 0 Å². The summed E-state index contributed by atoms with van der Waals surface area (Å²) >= 11 is 0. The molecule has 1 amide bonds. The quantitative estimate of drug-likeness (QED) is 0.658. The van der Waals surface area contributed by atoms with E-state index in [0.717, 1.165) is 0 Å². The molecule has 7 heteroatoms. The van der Waals surface area contributed by atoms with Gasteiger partial charge in [0.25, 0.3) is 11.6 Å². The van der Waals surface area contributed by atoms with Crippen LogP contribution in [0.2, 0.25) is 0 Å². The minimum absolute atomic E-state index is 0.00134. The highest BCUT2D eigenvalue weighted by Crippen LogP contribution is 2.23. The zero-order valence-corrected chi connectivity index (χ0v) is 11.1. The lowest BCUT2D eigenvalue weighted by atomic mass is 10.1. The summed E-state index contributed by atoms with van der Waals surface area (Å²) in [4.78, 5) is 22.2. The first-order valence-corrected chi connectivity index (χ1v) is 6.08. The number of amides is 1. The van der Waals surface area contributed by atoms with Crippen LogP contribution in [-0.4, -0.2) is 27.1 Å². The van der Waals surface area contributed by atoms with E-state index in [9.17, 15) is 14.9 Å². The number of rotatable bonds is 4. The Labute approximate surface area is 115 Å². The Kier molecular flexibility index (Phi) is 3.79. The molecule has 7 nitrogen and oxygen atoms in total. The van der Waals surface area contributed by atoms with Crippen LogP contribution in [0.15, 0.2) is 30.5 Å². The number of benzene rings is 1. The number of H-pyrrole nitrogens is 1. The normalized spacial score (nSPS) is 10.6. The van der Waals surface area contributed by atoms with E-state index >= 15 is 0 Å². The average Bonchev–Trinajstić information content (AvgIpc) is 2.87. The number of hydrogen-bond acceptors (Lipinski definition) is 4. The van der Waals surface area contributed by atoms with Gasteiger partial charge in [-0.15, -0.1) is 0 Å². The highest BCUT2D eigenvalue weighted by atomic mass is 16.6. The predicted octanol–water partition coefficient (Wildman–Crippen LogP) is 2.12. The number of carbonyl (C=O) groups is 1. The third-order valence-corrected chi connectivity index (χ3v) is 2.67. The molecular weight excluding hydrogens is 260 g/mol. The summed E-state index contributed by atoms with van der Waals surface area (Å²) in [6.07, 6.45) is 1.44. The Morgan fingerprint density at radius 2 is 2.00 bits per heavy atom. The number of nitrogens with zero attached hydrogens (tertiary/aromatic N) is 2. The standard InChI is InChI=1S/C13H14N4O3/c1-8(2)15-13(18)11-7-14-16-12(11)9-3-5-10(6-4-9)17(19)20/h3-8H,1-2H3,(H,14,16)(H,15,18). The number of aromatic nitrogens is 2. The van der Waals surface area contributed by atoms with Gasteiger partial charge < -0.3 is 5.32 Å². The monoisotopic (exact) mass is 274 g/mol. The van der Waals surface area contributed by atoms with Gasteiger partial charge in [0.05, 0.1) is 22.4 Å². The van der Waals surface area contributed by atoms with Gasteiger partial charge in [0.1, 0.15) is 0 Å². The van der Waals surface area contributed by atoms with E-state index in [4.69, 9.17) is 0 Å².